The molecule has 2 aromatic carbocycles. The van der Waals surface area contributed by atoms with E-state index in [0.29, 0.717) is 6.42 Å². The molecule has 2 aromatic rings. The highest BCUT2D eigenvalue weighted by atomic mass is 79.9. The van der Waals surface area contributed by atoms with Crippen LogP contribution in [0.15, 0.2) is 54.1 Å². The van der Waals surface area contributed by atoms with Gasteiger partial charge >= 0.3 is 0 Å². The van der Waals surface area contributed by atoms with Crippen molar-refractivity contribution in [2.45, 2.75) is 12.3 Å². The van der Waals surface area contributed by atoms with Gasteiger partial charge in [0.25, 0.3) is 0 Å². The molecule has 0 spiro atoms. The van der Waals surface area contributed by atoms with Crippen LogP contribution in [0.1, 0.15) is 29.0 Å². The lowest BCUT2D eigenvalue weighted by Gasteiger charge is -2.17. The number of rotatable bonds is 4. The van der Waals surface area contributed by atoms with Crippen molar-refractivity contribution < 1.29 is 9.84 Å². The van der Waals surface area contributed by atoms with Crippen molar-refractivity contribution in [3.8, 4) is 5.75 Å². The minimum absolute atomic E-state index is 0.152. The first kappa shape index (κ1) is 14.4. The normalized spacial score (nSPS) is 17.0. The molecule has 3 rings (SSSR count). The number of aliphatic hydroxyl groups is 1. The third-order valence-corrected chi connectivity index (χ3v) is 4.89. The number of fused-ring (bicyclic) bond motifs is 1. The molecule has 0 amide bonds. The summed E-state index contributed by atoms with van der Waals surface area (Å²) < 4.78 is 6.41. The van der Waals surface area contributed by atoms with Crippen molar-refractivity contribution in [1.82, 2.24) is 0 Å². The van der Waals surface area contributed by atoms with Crippen LogP contribution in [-0.4, -0.2) is 18.8 Å². The molecule has 21 heavy (non-hydrogen) atoms. The van der Waals surface area contributed by atoms with Crippen molar-refractivity contribution in [1.29, 1.82) is 0 Å². The summed E-state index contributed by atoms with van der Waals surface area (Å²) in [7, 11) is 1.68. The Morgan fingerprint density at radius 2 is 1.90 bits per heavy atom. The molecule has 0 aromatic heterocycles. The fourth-order valence-corrected chi connectivity index (χ4v) is 3.76. The van der Waals surface area contributed by atoms with Crippen LogP contribution in [0.3, 0.4) is 0 Å². The van der Waals surface area contributed by atoms with Crippen molar-refractivity contribution in [2.75, 3.05) is 13.7 Å². The molecule has 0 saturated carbocycles. The highest BCUT2D eigenvalue weighted by molar-refractivity contribution is 9.15. The number of hydrogen-bond acceptors (Lipinski definition) is 2. The fraction of sp³-hybridized carbons (Fsp3) is 0.222. The van der Waals surface area contributed by atoms with Gasteiger partial charge in [0.2, 0.25) is 0 Å². The van der Waals surface area contributed by atoms with Gasteiger partial charge in [-0.2, -0.15) is 0 Å². The number of benzene rings is 2. The van der Waals surface area contributed by atoms with Crippen LogP contribution in [0.5, 0.6) is 5.75 Å². The second-order valence-corrected chi connectivity index (χ2v) is 5.90. The third kappa shape index (κ3) is 2.52. The molecule has 1 aliphatic rings. The molecule has 0 aliphatic heterocycles. The second kappa shape index (κ2) is 6.04. The zero-order valence-corrected chi connectivity index (χ0v) is 13.4. The zero-order chi connectivity index (χ0) is 14.8. The molecule has 108 valence electrons. The summed E-state index contributed by atoms with van der Waals surface area (Å²) in [5, 5.41) is 9.41. The van der Waals surface area contributed by atoms with Gasteiger partial charge in [-0.25, -0.2) is 0 Å². The lowest BCUT2D eigenvalue weighted by atomic mass is 9.87. The summed E-state index contributed by atoms with van der Waals surface area (Å²) in [5.41, 5.74) is 4.90. The summed E-state index contributed by atoms with van der Waals surface area (Å²) in [6.07, 6.45) is 0.664. The van der Waals surface area contributed by atoms with Crippen molar-refractivity contribution in [2.24, 2.45) is 0 Å². The Hall–Kier alpha value is -1.58. The molecular formula is C18H17BrO2. The Kier molecular flexibility index (Phi) is 4.13. The number of halogens is 1. The van der Waals surface area contributed by atoms with Gasteiger partial charge < -0.3 is 9.84 Å². The van der Waals surface area contributed by atoms with Crippen LogP contribution in [-0.2, 0) is 0 Å². The summed E-state index contributed by atoms with van der Waals surface area (Å²) in [5.74, 6) is 1.05. The van der Waals surface area contributed by atoms with E-state index in [4.69, 9.17) is 4.74 Å². The smallest absolute Gasteiger partial charge is 0.119 e. The van der Waals surface area contributed by atoms with Gasteiger partial charge in [0.15, 0.2) is 0 Å². The molecule has 2 nitrogen and oxygen atoms in total. The standard InChI is InChI=1S/C18H17BrO2/c1-21-13-7-8-14-16(11-13)18(19)15(9-10-20)17(14)12-5-3-2-4-6-12/h2-8,11,17,20H,9-10H2,1H3. The number of ether oxygens (including phenoxy) is 1. The van der Waals surface area contributed by atoms with E-state index in [1.807, 2.05) is 12.1 Å². The predicted octanol–water partition coefficient (Wildman–Crippen LogP) is 4.33. The topological polar surface area (TPSA) is 29.5 Å². The van der Waals surface area contributed by atoms with Crippen LogP contribution in [0, 0.1) is 0 Å². The average molecular weight is 345 g/mol. The summed E-state index contributed by atoms with van der Waals surface area (Å²) in [6.45, 7) is 0.152. The Labute approximate surface area is 133 Å². The van der Waals surface area contributed by atoms with Gasteiger partial charge in [-0.3, -0.25) is 0 Å². The zero-order valence-electron chi connectivity index (χ0n) is 11.8. The minimum atomic E-state index is 0.152. The average Bonchev–Trinajstić information content (AvgIpc) is 2.81. The Bertz CT molecular complexity index is 677. The first-order valence-electron chi connectivity index (χ1n) is 6.99. The first-order valence-corrected chi connectivity index (χ1v) is 7.78. The van der Waals surface area contributed by atoms with E-state index in [9.17, 15) is 5.11 Å². The minimum Gasteiger partial charge on any atom is -0.497 e. The maximum atomic E-state index is 9.41. The highest BCUT2D eigenvalue weighted by Gasteiger charge is 2.31. The van der Waals surface area contributed by atoms with Crippen LogP contribution in [0.25, 0.3) is 4.48 Å². The Morgan fingerprint density at radius 1 is 1.14 bits per heavy atom. The largest absolute Gasteiger partial charge is 0.497 e. The van der Waals surface area contributed by atoms with Crippen molar-refractivity contribution in [3.63, 3.8) is 0 Å². The van der Waals surface area contributed by atoms with E-state index in [1.165, 1.54) is 16.7 Å². The van der Waals surface area contributed by atoms with E-state index in [2.05, 4.69) is 52.3 Å². The van der Waals surface area contributed by atoms with Gasteiger partial charge in [0.1, 0.15) is 5.75 Å². The summed E-state index contributed by atoms with van der Waals surface area (Å²) >= 11 is 3.72. The lowest BCUT2D eigenvalue weighted by molar-refractivity contribution is 0.298. The predicted molar refractivity (Wildman–Crippen MR) is 88.8 cm³/mol. The van der Waals surface area contributed by atoms with Gasteiger partial charge in [-0.15, -0.1) is 0 Å². The lowest BCUT2D eigenvalue weighted by Crippen LogP contribution is -2.03. The number of methoxy groups -OCH3 is 1. The SMILES string of the molecule is COc1ccc2c(c1)C(Br)=C(CCO)C2c1ccccc1. The number of aliphatic hydroxyl groups excluding tert-OH is 1. The van der Waals surface area contributed by atoms with Gasteiger partial charge in [0, 0.05) is 17.0 Å². The monoisotopic (exact) mass is 344 g/mol. The molecule has 3 heteroatoms. The van der Waals surface area contributed by atoms with E-state index >= 15 is 0 Å². The maximum absolute atomic E-state index is 9.41. The quantitative estimate of drug-likeness (QED) is 0.894. The second-order valence-electron chi connectivity index (χ2n) is 5.11. The van der Waals surface area contributed by atoms with Gasteiger partial charge in [-0.1, -0.05) is 52.3 Å². The molecule has 1 aliphatic carbocycles. The Balaban J connectivity index is 2.15. The fourth-order valence-electron chi connectivity index (χ4n) is 2.99. The third-order valence-electron chi connectivity index (χ3n) is 3.95. The molecule has 0 fully saturated rings. The number of hydrogen-bond donors (Lipinski definition) is 1. The maximum Gasteiger partial charge on any atom is 0.119 e. The van der Waals surface area contributed by atoms with Crippen LogP contribution >= 0.6 is 15.9 Å². The van der Waals surface area contributed by atoms with Crippen molar-refractivity contribution >= 4 is 20.4 Å². The summed E-state index contributed by atoms with van der Waals surface area (Å²) in [4.78, 5) is 0. The molecular weight excluding hydrogens is 328 g/mol. The van der Waals surface area contributed by atoms with Crippen LogP contribution in [0.4, 0.5) is 0 Å². The molecule has 0 heterocycles. The van der Waals surface area contributed by atoms with Gasteiger partial charge in [0.05, 0.1) is 7.11 Å². The Morgan fingerprint density at radius 3 is 2.57 bits per heavy atom. The first-order chi connectivity index (χ1) is 10.3. The van der Waals surface area contributed by atoms with Gasteiger partial charge in [-0.05, 0) is 40.8 Å². The molecule has 1 unspecified atom stereocenters. The molecule has 0 saturated heterocycles. The molecule has 1 N–H and O–H groups in total. The molecule has 0 bridgehead atoms. The van der Waals surface area contributed by atoms with E-state index < -0.39 is 0 Å². The summed E-state index contributed by atoms with van der Waals surface area (Å²) in [6, 6.07) is 16.6. The van der Waals surface area contributed by atoms with E-state index in [-0.39, 0.29) is 12.5 Å². The van der Waals surface area contributed by atoms with Crippen molar-refractivity contribution in [3.05, 3.63) is 70.8 Å². The molecule has 0 radical (unpaired) electrons. The van der Waals surface area contributed by atoms with Crippen LogP contribution < -0.4 is 4.74 Å². The molecule has 1 atom stereocenters. The van der Waals surface area contributed by atoms with E-state index in [1.54, 1.807) is 7.11 Å². The van der Waals surface area contributed by atoms with Crippen LogP contribution in [0.2, 0.25) is 0 Å². The highest BCUT2D eigenvalue weighted by Crippen LogP contribution is 2.49. The van der Waals surface area contributed by atoms with E-state index in [0.717, 1.165) is 15.8 Å².